The Morgan fingerprint density at radius 2 is 1.80 bits per heavy atom. The third-order valence-electron chi connectivity index (χ3n) is 5.42. The Morgan fingerprint density at radius 3 is 2.48 bits per heavy atom. The summed E-state index contributed by atoms with van der Waals surface area (Å²) in [6.45, 7) is 4.77. The van der Waals surface area contributed by atoms with Gasteiger partial charge in [0.05, 0.1) is 11.8 Å². The summed E-state index contributed by atoms with van der Waals surface area (Å²) in [6.07, 6.45) is 3.09. The number of hydrogen-bond donors (Lipinski definition) is 1. The van der Waals surface area contributed by atoms with E-state index in [0.29, 0.717) is 24.4 Å². The molecule has 1 N–H and O–H groups in total. The summed E-state index contributed by atoms with van der Waals surface area (Å²) in [5.74, 6) is 0.293. The molecule has 0 saturated carbocycles. The Morgan fingerprint density at radius 1 is 1.08 bits per heavy atom. The van der Waals surface area contributed by atoms with Crippen LogP contribution < -0.4 is 0 Å². The zero-order valence-electron chi connectivity index (χ0n) is 14.5. The number of piperidine rings is 1. The Bertz CT molecular complexity index is 736. The topological polar surface area (TPSA) is 72.8 Å². The predicted octanol–water partition coefficient (Wildman–Crippen LogP) is 1.39. The molecule has 4 rings (SSSR count). The van der Waals surface area contributed by atoms with Crippen LogP contribution in [-0.4, -0.2) is 77.8 Å². The lowest BCUT2D eigenvalue weighted by Crippen LogP contribution is -2.51. The number of amides is 2. The van der Waals surface area contributed by atoms with E-state index in [2.05, 4.69) is 16.9 Å². The monoisotopic (exact) mass is 344 g/mol. The number of hydrogen-bond acceptors (Lipinski definition) is 4. The first-order valence-corrected chi connectivity index (χ1v) is 8.94. The van der Waals surface area contributed by atoms with Crippen LogP contribution in [0.15, 0.2) is 22.8 Å². The lowest BCUT2D eigenvalue weighted by atomic mass is 9.94. The second kappa shape index (κ2) is 6.55. The highest BCUT2D eigenvalue weighted by Crippen LogP contribution is 2.23. The summed E-state index contributed by atoms with van der Waals surface area (Å²) in [4.78, 5) is 34.5. The molecule has 2 aromatic heterocycles. The molecule has 0 radical (unpaired) electrons. The molecule has 7 heteroatoms. The second-order valence-corrected chi connectivity index (χ2v) is 7.08. The SMILES string of the molecule is CN1CCN(C(=O)C2CCN(C(=O)c3cc4occc4[nH]3)CC2)CC1. The smallest absolute Gasteiger partial charge is 0.270 e. The third kappa shape index (κ3) is 3.16. The molecule has 0 bridgehead atoms. The van der Waals surface area contributed by atoms with Crippen LogP contribution in [0.3, 0.4) is 0 Å². The summed E-state index contributed by atoms with van der Waals surface area (Å²) in [5, 5.41) is 0. The maximum absolute atomic E-state index is 12.7. The van der Waals surface area contributed by atoms with E-state index >= 15 is 0 Å². The number of aromatic nitrogens is 1. The fraction of sp³-hybridized carbons (Fsp3) is 0.556. The predicted molar refractivity (Wildman–Crippen MR) is 93.3 cm³/mol. The van der Waals surface area contributed by atoms with E-state index in [4.69, 9.17) is 4.42 Å². The van der Waals surface area contributed by atoms with Gasteiger partial charge in [-0.2, -0.15) is 0 Å². The van der Waals surface area contributed by atoms with E-state index in [0.717, 1.165) is 44.5 Å². The van der Waals surface area contributed by atoms with Crippen molar-refractivity contribution in [3.8, 4) is 0 Å². The van der Waals surface area contributed by atoms with E-state index in [1.807, 2.05) is 15.9 Å². The Labute approximate surface area is 146 Å². The molecule has 0 aromatic carbocycles. The second-order valence-electron chi connectivity index (χ2n) is 7.08. The van der Waals surface area contributed by atoms with Crippen LogP contribution in [0.25, 0.3) is 11.1 Å². The molecule has 0 aliphatic carbocycles. The zero-order valence-corrected chi connectivity index (χ0v) is 14.5. The van der Waals surface area contributed by atoms with Crippen molar-refractivity contribution in [1.29, 1.82) is 0 Å². The Hall–Kier alpha value is -2.28. The van der Waals surface area contributed by atoms with E-state index in [1.54, 1.807) is 12.3 Å². The molecule has 2 amide bonds. The van der Waals surface area contributed by atoms with Crippen molar-refractivity contribution in [1.82, 2.24) is 19.7 Å². The average molecular weight is 344 g/mol. The fourth-order valence-corrected chi connectivity index (χ4v) is 3.75. The number of likely N-dealkylation sites (tertiary alicyclic amines) is 1. The van der Waals surface area contributed by atoms with E-state index in [-0.39, 0.29) is 17.7 Å². The summed E-state index contributed by atoms with van der Waals surface area (Å²) in [5.41, 5.74) is 2.09. The number of fused-ring (bicyclic) bond motifs is 1. The molecular formula is C18H24N4O3. The molecule has 2 saturated heterocycles. The van der Waals surface area contributed by atoms with Gasteiger partial charge >= 0.3 is 0 Å². The van der Waals surface area contributed by atoms with Gasteiger partial charge in [0, 0.05) is 57.3 Å². The highest BCUT2D eigenvalue weighted by atomic mass is 16.3. The first-order chi connectivity index (χ1) is 12.1. The maximum atomic E-state index is 12.7. The number of nitrogens with zero attached hydrogens (tertiary/aromatic N) is 3. The van der Waals surface area contributed by atoms with Crippen LogP contribution in [0, 0.1) is 5.92 Å². The Kier molecular flexibility index (Phi) is 4.25. The lowest BCUT2D eigenvalue weighted by molar-refractivity contribution is -0.138. The summed E-state index contributed by atoms with van der Waals surface area (Å²) in [6, 6.07) is 3.56. The van der Waals surface area contributed by atoms with Crippen molar-refractivity contribution < 1.29 is 14.0 Å². The molecule has 2 aliphatic heterocycles. The molecular weight excluding hydrogens is 320 g/mol. The third-order valence-corrected chi connectivity index (χ3v) is 5.42. The molecule has 0 spiro atoms. The van der Waals surface area contributed by atoms with Gasteiger partial charge in [-0.15, -0.1) is 0 Å². The van der Waals surface area contributed by atoms with Crippen molar-refractivity contribution >= 4 is 22.9 Å². The number of likely N-dealkylation sites (N-methyl/N-ethyl adjacent to an activating group) is 1. The molecule has 0 unspecified atom stereocenters. The molecule has 2 aromatic rings. The largest absolute Gasteiger partial charge is 0.463 e. The van der Waals surface area contributed by atoms with Gasteiger partial charge in [-0.3, -0.25) is 9.59 Å². The quantitative estimate of drug-likeness (QED) is 0.893. The molecule has 2 aliphatic rings. The highest BCUT2D eigenvalue weighted by Gasteiger charge is 2.31. The maximum Gasteiger partial charge on any atom is 0.270 e. The van der Waals surface area contributed by atoms with Crippen molar-refractivity contribution in [3.05, 3.63) is 24.1 Å². The van der Waals surface area contributed by atoms with Gasteiger partial charge in [0.15, 0.2) is 5.58 Å². The first-order valence-electron chi connectivity index (χ1n) is 8.94. The standard InChI is InChI=1S/C18H24N4O3/c1-20-7-9-22(10-8-20)17(23)13-2-5-21(6-3-13)18(24)15-12-16-14(19-15)4-11-25-16/h4,11-13,19H,2-3,5-10H2,1H3. The van der Waals surface area contributed by atoms with Crippen LogP contribution in [0.5, 0.6) is 0 Å². The van der Waals surface area contributed by atoms with Gasteiger partial charge in [-0.05, 0) is 19.9 Å². The highest BCUT2D eigenvalue weighted by molar-refractivity contribution is 5.97. The fourth-order valence-electron chi connectivity index (χ4n) is 3.75. The minimum Gasteiger partial charge on any atom is -0.463 e. The van der Waals surface area contributed by atoms with Gasteiger partial charge in [0.1, 0.15) is 5.69 Å². The number of nitrogens with one attached hydrogen (secondary N) is 1. The normalized spacial score (nSPS) is 20.4. The first kappa shape index (κ1) is 16.2. The summed E-state index contributed by atoms with van der Waals surface area (Å²) < 4.78 is 5.30. The number of carbonyl (C=O) groups excluding carboxylic acids is 2. The van der Waals surface area contributed by atoms with E-state index in [9.17, 15) is 9.59 Å². The zero-order chi connectivity index (χ0) is 17.4. The molecule has 0 atom stereocenters. The van der Waals surface area contributed by atoms with Gasteiger partial charge in [-0.1, -0.05) is 0 Å². The summed E-state index contributed by atoms with van der Waals surface area (Å²) >= 11 is 0. The number of furan rings is 1. The van der Waals surface area contributed by atoms with Gasteiger partial charge < -0.3 is 24.1 Å². The number of carbonyl (C=O) groups is 2. The molecule has 134 valence electrons. The van der Waals surface area contributed by atoms with Crippen LogP contribution in [0.1, 0.15) is 23.3 Å². The van der Waals surface area contributed by atoms with Gasteiger partial charge in [-0.25, -0.2) is 0 Å². The number of H-pyrrole nitrogens is 1. The van der Waals surface area contributed by atoms with Crippen molar-refractivity contribution in [2.24, 2.45) is 5.92 Å². The van der Waals surface area contributed by atoms with Crippen molar-refractivity contribution in [2.45, 2.75) is 12.8 Å². The Balaban J connectivity index is 1.34. The van der Waals surface area contributed by atoms with Crippen LogP contribution in [-0.2, 0) is 4.79 Å². The lowest BCUT2D eigenvalue weighted by Gasteiger charge is -2.37. The van der Waals surface area contributed by atoms with E-state index in [1.165, 1.54) is 0 Å². The van der Waals surface area contributed by atoms with Gasteiger partial charge in [0.2, 0.25) is 5.91 Å². The van der Waals surface area contributed by atoms with Crippen molar-refractivity contribution in [3.63, 3.8) is 0 Å². The number of piperazine rings is 1. The van der Waals surface area contributed by atoms with E-state index < -0.39 is 0 Å². The minimum atomic E-state index is -0.0168. The minimum absolute atomic E-state index is 0.0168. The molecule has 4 heterocycles. The molecule has 7 nitrogen and oxygen atoms in total. The van der Waals surface area contributed by atoms with Crippen molar-refractivity contribution in [2.75, 3.05) is 46.3 Å². The number of rotatable bonds is 2. The van der Waals surface area contributed by atoms with Crippen LogP contribution in [0.2, 0.25) is 0 Å². The van der Waals surface area contributed by atoms with Crippen LogP contribution >= 0.6 is 0 Å². The molecule has 2 fully saturated rings. The van der Waals surface area contributed by atoms with Crippen LogP contribution in [0.4, 0.5) is 0 Å². The number of aromatic amines is 1. The molecule has 25 heavy (non-hydrogen) atoms. The summed E-state index contributed by atoms with van der Waals surface area (Å²) in [7, 11) is 2.09. The van der Waals surface area contributed by atoms with Gasteiger partial charge in [0.25, 0.3) is 5.91 Å². The average Bonchev–Trinajstić information content (AvgIpc) is 3.23.